The van der Waals surface area contributed by atoms with Crippen LogP contribution in [0.3, 0.4) is 0 Å². The molecule has 2 aliphatic rings. The molecule has 1 aliphatic carbocycles. The van der Waals surface area contributed by atoms with Gasteiger partial charge in [0.1, 0.15) is 5.75 Å². The van der Waals surface area contributed by atoms with Gasteiger partial charge in [-0.2, -0.15) is 0 Å². The number of hydrogen-bond acceptors (Lipinski definition) is 3. The first-order valence-electron chi connectivity index (χ1n) is 11.0. The summed E-state index contributed by atoms with van der Waals surface area (Å²) in [5.41, 5.74) is 5.26. The van der Waals surface area contributed by atoms with Crippen molar-refractivity contribution in [1.29, 1.82) is 0 Å². The summed E-state index contributed by atoms with van der Waals surface area (Å²) in [4.78, 5) is 7.10. The summed E-state index contributed by atoms with van der Waals surface area (Å²) in [5.74, 6) is 0.282. The SMILES string of the molecule is Cc1cc([C@@H]2[C@@H](c3ccccn3)NC(=S)N2C2CCCC2)c(C)n1-c1ccccc1O. The van der Waals surface area contributed by atoms with Crippen molar-refractivity contribution in [3.8, 4) is 11.4 Å². The highest BCUT2D eigenvalue weighted by atomic mass is 32.1. The summed E-state index contributed by atoms with van der Waals surface area (Å²) >= 11 is 5.87. The van der Waals surface area contributed by atoms with Crippen LogP contribution in [0.2, 0.25) is 0 Å². The number of phenols is 1. The van der Waals surface area contributed by atoms with Crippen LogP contribution in [-0.4, -0.2) is 30.7 Å². The molecule has 2 fully saturated rings. The lowest BCUT2D eigenvalue weighted by atomic mass is 9.95. The Morgan fingerprint density at radius 1 is 1.06 bits per heavy atom. The van der Waals surface area contributed by atoms with E-state index in [0.717, 1.165) is 27.9 Å². The van der Waals surface area contributed by atoms with Gasteiger partial charge < -0.3 is 19.9 Å². The number of para-hydroxylation sites is 2. The molecule has 0 radical (unpaired) electrons. The molecule has 0 amide bonds. The van der Waals surface area contributed by atoms with Crippen molar-refractivity contribution in [3.05, 3.63) is 77.4 Å². The smallest absolute Gasteiger partial charge is 0.170 e. The Bertz CT molecular complexity index is 1100. The Morgan fingerprint density at radius 3 is 2.52 bits per heavy atom. The average Bonchev–Trinajstić information content (AvgIpc) is 3.47. The fraction of sp³-hybridized carbons (Fsp3) is 0.360. The second-order valence-electron chi connectivity index (χ2n) is 8.62. The van der Waals surface area contributed by atoms with Gasteiger partial charge in [-0.05, 0) is 74.8 Å². The molecule has 6 heteroatoms. The van der Waals surface area contributed by atoms with E-state index in [1.807, 2.05) is 36.5 Å². The Labute approximate surface area is 188 Å². The van der Waals surface area contributed by atoms with E-state index in [1.54, 1.807) is 6.07 Å². The molecule has 2 N–H and O–H groups in total. The molecule has 160 valence electrons. The predicted octanol–water partition coefficient (Wildman–Crippen LogP) is 5.11. The second kappa shape index (κ2) is 8.00. The van der Waals surface area contributed by atoms with Gasteiger partial charge >= 0.3 is 0 Å². The molecule has 0 spiro atoms. The number of aromatic hydroxyl groups is 1. The normalized spacial score (nSPS) is 21.6. The number of benzene rings is 1. The van der Waals surface area contributed by atoms with Crippen molar-refractivity contribution >= 4 is 17.3 Å². The zero-order valence-electron chi connectivity index (χ0n) is 18.0. The zero-order valence-corrected chi connectivity index (χ0v) is 18.8. The molecular weight excluding hydrogens is 404 g/mol. The van der Waals surface area contributed by atoms with Crippen molar-refractivity contribution in [1.82, 2.24) is 19.8 Å². The number of nitrogens with one attached hydrogen (secondary N) is 1. The van der Waals surface area contributed by atoms with Crippen LogP contribution in [0.25, 0.3) is 5.69 Å². The van der Waals surface area contributed by atoms with Gasteiger partial charge in [0.15, 0.2) is 5.11 Å². The van der Waals surface area contributed by atoms with E-state index in [1.165, 1.54) is 31.2 Å². The number of hydrogen-bond donors (Lipinski definition) is 2. The summed E-state index contributed by atoms with van der Waals surface area (Å²) in [6.07, 6.45) is 6.70. The second-order valence-corrected chi connectivity index (χ2v) is 9.01. The number of rotatable bonds is 4. The lowest BCUT2D eigenvalue weighted by molar-refractivity contribution is 0.245. The first-order chi connectivity index (χ1) is 15.1. The molecular formula is C25H28N4OS. The fourth-order valence-electron chi connectivity index (χ4n) is 5.38. The van der Waals surface area contributed by atoms with Gasteiger partial charge in [-0.15, -0.1) is 0 Å². The monoisotopic (exact) mass is 432 g/mol. The molecule has 1 aliphatic heterocycles. The molecule has 1 saturated heterocycles. The highest BCUT2D eigenvalue weighted by Crippen LogP contribution is 2.45. The Kier molecular flexibility index (Phi) is 5.18. The van der Waals surface area contributed by atoms with Crippen LogP contribution in [0, 0.1) is 13.8 Å². The van der Waals surface area contributed by atoms with Gasteiger partial charge in [0.05, 0.1) is 23.5 Å². The Morgan fingerprint density at radius 2 is 1.81 bits per heavy atom. The third-order valence-electron chi connectivity index (χ3n) is 6.76. The molecule has 3 aromatic rings. The molecule has 0 unspecified atom stereocenters. The number of thiocarbonyl (C=S) groups is 1. The summed E-state index contributed by atoms with van der Waals surface area (Å²) < 4.78 is 2.15. The minimum absolute atomic E-state index is 0.00683. The molecule has 5 nitrogen and oxygen atoms in total. The first-order valence-corrected chi connectivity index (χ1v) is 11.4. The van der Waals surface area contributed by atoms with Crippen LogP contribution in [0.15, 0.2) is 54.7 Å². The zero-order chi connectivity index (χ0) is 21.5. The molecule has 3 heterocycles. The number of aryl methyl sites for hydroxylation is 1. The summed E-state index contributed by atoms with van der Waals surface area (Å²) in [6, 6.07) is 16.3. The number of pyridine rings is 1. The minimum atomic E-state index is -0.00683. The van der Waals surface area contributed by atoms with Gasteiger partial charge in [-0.25, -0.2) is 0 Å². The Hall–Kier alpha value is -2.86. The fourth-order valence-corrected chi connectivity index (χ4v) is 5.77. The van der Waals surface area contributed by atoms with E-state index in [-0.39, 0.29) is 17.8 Å². The van der Waals surface area contributed by atoms with Crippen molar-refractivity contribution in [2.24, 2.45) is 0 Å². The number of nitrogens with zero attached hydrogens (tertiary/aromatic N) is 3. The minimum Gasteiger partial charge on any atom is -0.506 e. The first kappa shape index (κ1) is 20.1. The van der Waals surface area contributed by atoms with Gasteiger partial charge in [0.2, 0.25) is 0 Å². The molecule has 2 atom stereocenters. The topological polar surface area (TPSA) is 53.3 Å². The van der Waals surface area contributed by atoms with E-state index in [9.17, 15) is 5.11 Å². The third-order valence-corrected chi connectivity index (χ3v) is 7.09. The van der Waals surface area contributed by atoms with E-state index in [0.29, 0.717) is 6.04 Å². The van der Waals surface area contributed by atoms with E-state index < -0.39 is 0 Å². The number of phenolic OH excluding ortho intramolecular Hbond substituents is 1. The summed E-state index contributed by atoms with van der Waals surface area (Å²) in [6.45, 7) is 4.23. The highest BCUT2D eigenvalue weighted by molar-refractivity contribution is 7.80. The lowest BCUT2D eigenvalue weighted by Gasteiger charge is -2.33. The van der Waals surface area contributed by atoms with Gasteiger partial charge in [-0.3, -0.25) is 4.98 Å². The van der Waals surface area contributed by atoms with Crippen molar-refractivity contribution < 1.29 is 5.11 Å². The third kappa shape index (κ3) is 3.39. The molecule has 2 aromatic heterocycles. The van der Waals surface area contributed by atoms with E-state index >= 15 is 0 Å². The predicted molar refractivity (Wildman–Crippen MR) is 126 cm³/mol. The largest absolute Gasteiger partial charge is 0.506 e. The lowest BCUT2D eigenvalue weighted by Crippen LogP contribution is -2.37. The van der Waals surface area contributed by atoms with E-state index in [2.05, 4.69) is 45.7 Å². The molecule has 0 bridgehead atoms. The maximum absolute atomic E-state index is 10.5. The summed E-state index contributed by atoms with van der Waals surface area (Å²) in [7, 11) is 0. The van der Waals surface area contributed by atoms with Gasteiger partial charge in [-0.1, -0.05) is 31.0 Å². The van der Waals surface area contributed by atoms with E-state index in [4.69, 9.17) is 12.2 Å². The molecule has 31 heavy (non-hydrogen) atoms. The quantitative estimate of drug-likeness (QED) is 0.561. The summed E-state index contributed by atoms with van der Waals surface area (Å²) in [5, 5.41) is 14.9. The molecule has 5 rings (SSSR count). The standard InChI is InChI=1S/C25H28N4OS/c1-16-15-19(17(2)28(16)21-12-5-6-13-22(21)30)24-23(20-11-7-8-14-26-20)27-25(31)29(24)18-9-3-4-10-18/h5-8,11-15,18,23-24,30H,3-4,9-10H2,1-2H3,(H,27,31)/t23-,24-/m1/s1. The highest BCUT2D eigenvalue weighted by Gasteiger charge is 2.44. The van der Waals surface area contributed by atoms with Gasteiger partial charge in [0, 0.05) is 23.6 Å². The van der Waals surface area contributed by atoms with Crippen LogP contribution in [0.5, 0.6) is 5.75 Å². The van der Waals surface area contributed by atoms with Crippen LogP contribution < -0.4 is 5.32 Å². The van der Waals surface area contributed by atoms with Crippen LogP contribution in [-0.2, 0) is 0 Å². The van der Waals surface area contributed by atoms with Crippen molar-refractivity contribution in [2.45, 2.75) is 57.7 Å². The van der Waals surface area contributed by atoms with Gasteiger partial charge in [0.25, 0.3) is 0 Å². The number of aromatic nitrogens is 2. The molecule has 1 aromatic carbocycles. The van der Waals surface area contributed by atoms with Crippen LogP contribution >= 0.6 is 12.2 Å². The van der Waals surface area contributed by atoms with Crippen LogP contribution in [0.4, 0.5) is 0 Å². The maximum atomic E-state index is 10.5. The Balaban J connectivity index is 1.65. The van der Waals surface area contributed by atoms with Crippen molar-refractivity contribution in [2.75, 3.05) is 0 Å². The van der Waals surface area contributed by atoms with Crippen LogP contribution in [0.1, 0.15) is 60.4 Å². The maximum Gasteiger partial charge on any atom is 0.170 e. The average molecular weight is 433 g/mol. The molecule has 1 saturated carbocycles. The van der Waals surface area contributed by atoms with Crippen molar-refractivity contribution in [3.63, 3.8) is 0 Å².